The number of carbonyl (C=O) groups is 11. The molecule has 0 aliphatic carbocycles. The maximum Gasteiger partial charge on any atom is 0.306 e. The van der Waals surface area contributed by atoms with E-state index in [9.17, 15) is 63.0 Å². The van der Waals surface area contributed by atoms with E-state index in [1.165, 1.54) is 13.8 Å². The molecule has 474 valence electrons. The maximum atomic E-state index is 14.5. The van der Waals surface area contributed by atoms with Gasteiger partial charge in [0.1, 0.15) is 54.4 Å². The highest BCUT2D eigenvalue weighted by Gasteiger charge is 2.38. The van der Waals surface area contributed by atoms with Gasteiger partial charge in [0.2, 0.25) is 53.2 Å². The summed E-state index contributed by atoms with van der Waals surface area (Å²) in [6.07, 6.45) is -1.85. The normalized spacial score (nSPS) is 22.6. The van der Waals surface area contributed by atoms with Gasteiger partial charge in [-0.05, 0) is 103 Å². The number of hydrogen-bond donors (Lipinski definition) is 17. The molecule has 1 unspecified atom stereocenters. The Hall–Kier alpha value is -6.89. The van der Waals surface area contributed by atoms with Crippen molar-refractivity contribution in [2.24, 2.45) is 34.6 Å². The molecule has 1 aliphatic rings. The highest BCUT2D eigenvalue weighted by molar-refractivity contribution is 5.99. The van der Waals surface area contributed by atoms with Crippen LogP contribution in [0, 0.1) is 5.92 Å². The number of esters is 1. The number of nitrogens with two attached hydrogens (primary N) is 5. The summed E-state index contributed by atoms with van der Waals surface area (Å²) in [4.78, 5) is 153. The van der Waals surface area contributed by atoms with Gasteiger partial charge in [0.05, 0.1) is 12.2 Å². The number of unbranched alkanes of at least 4 members (excludes halogenated alkanes) is 4. The number of aliphatic hydroxyl groups is 2. The molecule has 1 saturated heterocycles. The van der Waals surface area contributed by atoms with Gasteiger partial charge in [0.15, 0.2) is 6.10 Å². The lowest BCUT2D eigenvalue weighted by atomic mass is 10.00. The molecular weight excluding hydrogens is 1090 g/mol. The Bertz CT molecular complexity index is 2280. The molecule has 29 heteroatoms. The van der Waals surface area contributed by atoms with E-state index in [2.05, 4.69) is 53.2 Å². The Morgan fingerprint density at radius 2 is 1.11 bits per heavy atom. The minimum Gasteiger partial charge on any atom is -0.452 e. The summed E-state index contributed by atoms with van der Waals surface area (Å²) in [5, 5.41) is 46.8. The quantitative estimate of drug-likeness (QED) is 0.0264. The topological polar surface area (TPSA) is 488 Å². The standard InChI is InChI=1S/C55H95N15O14/c1-6-7-8-9-13-16-43(73)84-42(21-27-60)53(81)70-45(33(5)72)55(83)66-37(19-25-58)47(75)65-39-22-28-61-54(82)44(32(4)71)69-50(78)38(20-26-59)63-46(74)35(17-23-56)64-51(79)40(29-31(2)3)67-52(80)41(30-34-14-11-10-12-15-34)68-48(76)36(18-24-57)62-49(39)77/h10-12,14-15,31-33,35-42,44-45,71-72H,6-9,13,16-30,56-60H2,1-5H3,(H,61,82)(H,62,77)(H,63,74)(H,64,79)(H,65,75)(H,66,83)(H,67,80)(H,68,76)(H,69,78)(H,70,81)/t32-,33?,35-,36-,37-,38-,39-,40-,41+,42-,44-,45-/m0/s1. The zero-order valence-corrected chi connectivity index (χ0v) is 49.2. The van der Waals surface area contributed by atoms with Crippen molar-refractivity contribution in [3.05, 3.63) is 35.9 Å². The van der Waals surface area contributed by atoms with Crippen LogP contribution in [0.3, 0.4) is 0 Å². The van der Waals surface area contributed by atoms with Gasteiger partial charge >= 0.3 is 5.97 Å². The Morgan fingerprint density at radius 3 is 1.63 bits per heavy atom. The Balaban J connectivity index is 2.68. The maximum absolute atomic E-state index is 14.5. The summed E-state index contributed by atoms with van der Waals surface area (Å²) in [5.74, 6) is -10.4. The molecule has 1 fully saturated rings. The molecule has 0 saturated carbocycles. The Kier molecular flexibility index (Phi) is 34.5. The minimum atomic E-state index is -1.74. The van der Waals surface area contributed by atoms with Crippen molar-refractivity contribution in [1.29, 1.82) is 0 Å². The van der Waals surface area contributed by atoms with E-state index in [1.54, 1.807) is 44.2 Å². The summed E-state index contributed by atoms with van der Waals surface area (Å²) in [5.41, 5.74) is 29.8. The summed E-state index contributed by atoms with van der Waals surface area (Å²) < 4.78 is 5.41. The SMILES string of the molecule is CCCCCCCC(=O)O[C@@H](CCN)C(=O)N[C@H](C(=O)N[C@@H](CCN)C(=O)N[C@H]1CCNC(=O)[C@H]([C@H](C)O)NC(=O)[C@H](CCN)NC(=O)[C@H](CCN)NC(=O)[C@H](CC(C)C)NC(=O)[C@@H](Cc2ccccc2)NC(=O)[C@H](CCN)NC1=O)C(C)O. The average Bonchev–Trinajstić information content (AvgIpc) is 3.44. The number of benzene rings is 1. The van der Waals surface area contributed by atoms with Crippen LogP contribution in [0.2, 0.25) is 0 Å². The largest absolute Gasteiger partial charge is 0.452 e. The van der Waals surface area contributed by atoms with Crippen LogP contribution in [0.25, 0.3) is 0 Å². The predicted octanol–water partition coefficient (Wildman–Crippen LogP) is -5.06. The second-order valence-corrected chi connectivity index (χ2v) is 21.3. The summed E-state index contributed by atoms with van der Waals surface area (Å²) in [7, 11) is 0. The Morgan fingerprint density at radius 1 is 0.595 bits per heavy atom. The molecule has 0 aromatic heterocycles. The smallest absolute Gasteiger partial charge is 0.306 e. The number of hydrogen-bond acceptors (Lipinski definition) is 19. The molecule has 84 heavy (non-hydrogen) atoms. The van der Waals surface area contributed by atoms with Crippen LogP contribution in [0.1, 0.15) is 124 Å². The molecule has 1 aromatic carbocycles. The lowest BCUT2D eigenvalue weighted by molar-refractivity contribution is -0.157. The number of rotatable bonds is 29. The lowest BCUT2D eigenvalue weighted by Crippen LogP contribution is -2.61. The molecule has 1 heterocycles. The van der Waals surface area contributed by atoms with Crippen LogP contribution in [0.5, 0.6) is 0 Å². The molecular formula is C55H95N15O14. The van der Waals surface area contributed by atoms with E-state index < -0.39 is 151 Å². The second-order valence-electron chi connectivity index (χ2n) is 21.3. The van der Waals surface area contributed by atoms with E-state index in [1.807, 2.05) is 6.92 Å². The van der Waals surface area contributed by atoms with Crippen molar-refractivity contribution in [1.82, 2.24) is 53.2 Å². The van der Waals surface area contributed by atoms with Crippen molar-refractivity contribution < 1.29 is 67.7 Å². The van der Waals surface area contributed by atoms with Crippen LogP contribution in [0.15, 0.2) is 30.3 Å². The van der Waals surface area contributed by atoms with Crippen molar-refractivity contribution in [2.75, 3.05) is 39.3 Å². The lowest BCUT2D eigenvalue weighted by Gasteiger charge is -2.29. The van der Waals surface area contributed by atoms with Crippen molar-refractivity contribution >= 4 is 65.0 Å². The molecule has 0 radical (unpaired) electrons. The molecule has 10 amide bonds. The van der Waals surface area contributed by atoms with E-state index in [4.69, 9.17) is 33.4 Å². The van der Waals surface area contributed by atoms with Gasteiger partial charge in [-0.1, -0.05) is 76.8 Å². The zero-order valence-electron chi connectivity index (χ0n) is 49.2. The van der Waals surface area contributed by atoms with Crippen molar-refractivity contribution in [2.45, 2.75) is 197 Å². The molecule has 1 aromatic rings. The molecule has 22 N–H and O–H groups in total. The van der Waals surface area contributed by atoms with E-state index in [-0.39, 0.29) is 90.0 Å². The van der Waals surface area contributed by atoms with Gasteiger partial charge in [-0.15, -0.1) is 0 Å². The number of carbonyl (C=O) groups excluding carboxylic acids is 11. The highest BCUT2D eigenvalue weighted by atomic mass is 16.5. The number of aliphatic hydroxyl groups excluding tert-OH is 2. The third-order valence-electron chi connectivity index (χ3n) is 13.6. The van der Waals surface area contributed by atoms with Crippen LogP contribution in [-0.4, -0.2) is 187 Å². The molecule has 2 rings (SSSR count). The van der Waals surface area contributed by atoms with Gasteiger partial charge in [-0.25, -0.2) is 0 Å². The van der Waals surface area contributed by atoms with Crippen LogP contribution >= 0.6 is 0 Å². The van der Waals surface area contributed by atoms with Gasteiger partial charge in [0.25, 0.3) is 5.91 Å². The fraction of sp³-hybridized carbons (Fsp3) is 0.691. The van der Waals surface area contributed by atoms with Gasteiger partial charge in [-0.3, -0.25) is 52.7 Å². The summed E-state index contributed by atoms with van der Waals surface area (Å²) in [6.45, 7) is 6.75. The molecule has 0 bridgehead atoms. The fourth-order valence-corrected chi connectivity index (χ4v) is 8.91. The first-order valence-corrected chi connectivity index (χ1v) is 29.1. The minimum absolute atomic E-state index is 0.0330. The van der Waals surface area contributed by atoms with Gasteiger partial charge in [0, 0.05) is 25.8 Å². The predicted molar refractivity (Wildman–Crippen MR) is 310 cm³/mol. The molecule has 12 atom stereocenters. The summed E-state index contributed by atoms with van der Waals surface area (Å²) in [6, 6.07) is -5.13. The molecule has 1 aliphatic heterocycles. The first kappa shape index (κ1) is 73.2. The zero-order chi connectivity index (χ0) is 62.9. The monoisotopic (exact) mass is 1190 g/mol. The fourth-order valence-electron chi connectivity index (χ4n) is 8.91. The van der Waals surface area contributed by atoms with Crippen molar-refractivity contribution in [3.63, 3.8) is 0 Å². The third-order valence-corrected chi connectivity index (χ3v) is 13.6. The first-order chi connectivity index (χ1) is 39.9. The van der Waals surface area contributed by atoms with Crippen LogP contribution in [0.4, 0.5) is 0 Å². The van der Waals surface area contributed by atoms with E-state index >= 15 is 0 Å². The number of amides is 10. The van der Waals surface area contributed by atoms with Gasteiger partial charge in [-0.2, -0.15) is 0 Å². The third kappa shape index (κ3) is 26.4. The average molecular weight is 1190 g/mol. The van der Waals surface area contributed by atoms with Crippen molar-refractivity contribution in [3.8, 4) is 0 Å². The second kappa shape index (κ2) is 39.6. The number of nitrogens with one attached hydrogen (secondary N) is 10. The van der Waals surface area contributed by atoms with Crippen LogP contribution < -0.4 is 81.8 Å². The van der Waals surface area contributed by atoms with E-state index in [0.717, 1.165) is 25.7 Å². The summed E-state index contributed by atoms with van der Waals surface area (Å²) >= 11 is 0. The molecule has 29 nitrogen and oxygen atoms in total. The molecule has 0 spiro atoms. The van der Waals surface area contributed by atoms with Gasteiger partial charge < -0.3 is 96.8 Å². The Labute approximate surface area is 491 Å². The highest BCUT2D eigenvalue weighted by Crippen LogP contribution is 2.13. The number of ether oxygens (including phenoxy) is 1. The van der Waals surface area contributed by atoms with Crippen LogP contribution in [-0.2, 0) is 63.9 Å². The first-order valence-electron chi connectivity index (χ1n) is 29.1. The van der Waals surface area contributed by atoms with E-state index in [0.29, 0.717) is 12.0 Å².